The van der Waals surface area contributed by atoms with Crippen LogP contribution < -0.4 is 0 Å². The molecule has 0 spiro atoms. The van der Waals surface area contributed by atoms with Gasteiger partial charge in [-0.2, -0.15) is 0 Å². The van der Waals surface area contributed by atoms with Gasteiger partial charge >= 0.3 is 6.09 Å². The first-order valence-corrected chi connectivity index (χ1v) is 7.97. The number of rotatable bonds is 2. The van der Waals surface area contributed by atoms with Gasteiger partial charge in [0.15, 0.2) is 5.79 Å². The van der Waals surface area contributed by atoms with Crippen LogP contribution in [-0.2, 0) is 20.8 Å². The van der Waals surface area contributed by atoms with Crippen molar-refractivity contribution < 1.29 is 24.1 Å². The molecule has 3 aliphatic rings. The summed E-state index contributed by atoms with van der Waals surface area (Å²) >= 11 is 0. The van der Waals surface area contributed by atoms with E-state index in [0.717, 1.165) is 5.56 Å². The number of hydrogen-bond donors (Lipinski definition) is 1. The molecule has 0 radical (unpaired) electrons. The number of nitrogens with zero attached hydrogens (tertiary/aromatic N) is 1. The predicted octanol–water partition coefficient (Wildman–Crippen LogP) is 1.52. The van der Waals surface area contributed by atoms with Crippen molar-refractivity contribution in [3.05, 3.63) is 35.9 Å². The van der Waals surface area contributed by atoms with Gasteiger partial charge in [0, 0.05) is 12.5 Å². The second kappa shape index (κ2) is 5.19. The van der Waals surface area contributed by atoms with Gasteiger partial charge in [-0.1, -0.05) is 30.3 Å². The van der Waals surface area contributed by atoms with Gasteiger partial charge in [0.25, 0.3) is 0 Å². The number of aliphatic hydroxyl groups excluding tert-OH is 1. The predicted molar refractivity (Wildman–Crippen MR) is 80.4 cm³/mol. The standard InChI is InChI=1S/C17H21NO5/c1-17(2)22-14-12-11(13(19)15(14)23-17)9-21-16(20)18(12)8-10-6-4-3-5-7-10/h3-7,11-15,19H,8-9H2,1-2H3/t11-,12+,13+,14+,15-/m1/s1. The van der Waals surface area contributed by atoms with Gasteiger partial charge < -0.3 is 19.3 Å². The maximum Gasteiger partial charge on any atom is 0.410 e. The van der Waals surface area contributed by atoms with Crippen molar-refractivity contribution in [1.29, 1.82) is 0 Å². The van der Waals surface area contributed by atoms with Crippen LogP contribution in [0.25, 0.3) is 0 Å². The largest absolute Gasteiger partial charge is 0.449 e. The fourth-order valence-electron chi connectivity index (χ4n) is 3.96. The van der Waals surface area contributed by atoms with Crippen LogP contribution in [0.2, 0.25) is 0 Å². The van der Waals surface area contributed by atoms with E-state index in [-0.39, 0.29) is 30.8 Å². The number of fused-ring (bicyclic) bond motifs is 3. The molecular weight excluding hydrogens is 298 g/mol. The molecule has 0 bridgehead atoms. The number of cyclic esters (lactones) is 1. The highest BCUT2D eigenvalue weighted by atomic mass is 16.8. The summed E-state index contributed by atoms with van der Waals surface area (Å²) in [7, 11) is 0. The molecule has 2 aliphatic heterocycles. The van der Waals surface area contributed by atoms with E-state index in [1.165, 1.54) is 0 Å². The molecule has 3 fully saturated rings. The lowest BCUT2D eigenvalue weighted by molar-refractivity contribution is -0.181. The summed E-state index contributed by atoms with van der Waals surface area (Å²) in [6.45, 7) is 4.29. The Hall–Kier alpha value is -1.63. The van der Waals surface area contributed by atoms with E-state index in [2.05, 4.69) is 0 Å². The molecule has 1 aromatic rings. The molecule has 1 aromatic carbocycles. The van der Waals surface area contributed by atoms with Crippen molar-refractivity contribution >= 4 is 6.09 Å². The number of hydrogen-bond acceptors (Lipinski definition) is 5. The second-order valence-corrected chi connectivity index (χ2v) is 6.90. The van der Waals surface area contributed by atoms with Crippen molar-refractivity contribution in [2.45, 2.75) is 50.5 Å². The zero-order chi connectivity index (χ0) is 16.2. The Morgan fingerprint density at radius 1 is 1.22 bits per heavy atom. The number of carbonyl (C=O) groups is 1. The molecule has 2 saturated heterocycles. The van der Waals surface area contributed by atoms with Crippen molar-refractivity contribution in [2.75, 3.05) is 6.61 Å². The lowest BCUT2D eigenvalue weighted by atomic mass is 9.98. The normalized spacial score (nSPS) is 38.1. The first kappa shape index (κ1) is 14.9. The van der Waals surface area contributed by atoms with E-state index in [4.69, 9.17) is 14.2 Å². The second-order valence-electron chi connectivity index (χ2n) is 6.90. The van der Waals surface area contributed by atoms with Crippen molar-refractivity contribution in [3.8, 4) is 0 Å². The van der Waals surface area contributed by atoms with E-state index in [0.29, 0.717) is 6.54 Å². The molecule has 23 heavy (non-hydrogen) atoms. The smallest absolute Gasteiger partial charge is 0.410 e. The van der Waals surface area contributed by atoms with Crippen LogP contribution >= 0.6 is 0 Å². The van der Waals surface area contributed by atoms with E-state index in [1.54, 1.807) is 4.90 Å². The molecular formula is C17H21NO5. The van der Waals surface area contributed by atoms with Crippen LogP contribution in [0.3, 0.4) is 0 Å². The first-order chi connectivity index (χ1) is 11.0. The Bertz CT molecular complexity index is 604. The van der Waals surface area contributed by atoms with Gasteiger partial charge in [-0.15, -0.1) is 0 Å². The van der Waals surface area contributed by atoms with Crippen LogP contribution in [0, 0.1) is 5.92 Å². The average Bonchev–Trinajstić information content (AvgIpc) is 2.96. The zero-order valence-electron chi connectivity index (χ0n) is 13.2. The van der Waals surface area contributed by atoms with Crippen LogP contribution in [0.4, 0.5) is 4.79 Å². The Balaban J connectivity index is 1.64. The Kier molecular flexibility index (Phi) is 3.37. The molecule has 6 nitrogen and oxygen atoms in total. The van der Waals surface area contributed by atoms with E-state index in [9.17, 15) is 9.90 Å². The summed E-state index contributed by atoms with van der Waals surface area (Å²) in [5.41, 5.74) is 1.02. The Labute approximate surface area is 134 Å². The maximum absolute atomic E-state index is 12.3. The summed E-state index contributed by atoms with van der Waals surface area (Å²) in [5.74, 6) is -0.941. The summed E-state index contributed by atoms with van der Waals surface area (Å²) < 4.78 is 17.1. The fraction of sp³-hybridized carbons (Fsp3) is 0.588. The van der Waals surface area contributed by atoms with Gasteiger partial charge in [0.1, 0.15) is 18.8 Å². The number of amides is 1. The van der Waals surface area contributed by atoms with Crippen LogP contribution in [0.15, 0.2) is 30.3 Å². The average molecular weight is 319 g/mol. The zero-order valence-corrected chi connectivity index (χ0v) is 13.2. The molecule has 0 unspecified atom stereocenters. The summed E-state index contributed by atoms with van der Waals surface area (Å²) in [6.07, 6.45) is -1.82. The van der Waals surface area contributed by atoms with Gasteiger partial charge in [-0.25, -0.2) is 4.79 Å². The first-order valence-electron chi connectivity index (χ1n) is 7.97. The topological polar surface area (TPSA) is 68.2 Å². The van der Waals surface area contributed by atoms with Crippen molar-refractivity contribution in [1.82, 2.24) is 4.90 Å². The molecule has 5 atom stereocenters. The summed E-state index contributed by atoms with van der Waals surface area (Å²) in [4.78, 5) is 14.0. The minimum Gasteiger partial charge on any atom is -0.449 e. The van der Waals surface area contributed by atoms with Crippen molar-refractivity contribution in [2.24, 2.45) is 5.92 Å². The third kappa shape index (κ3) is 2.41. The number of aliphatic hydroxyl groups is 1. The minimum atomic E-state index is -0.749. The lowest BCUT2D eigenvalue weighted by Gasteiger charge is -2.40. The highest BCUT2D eigenvalue weighted by Crippen LogP contribution is 2.45. The van der Waals surface area contributed by atoms with E-state index >= 15 is 0 Å². The molecule has 4 rings (SSSR count). The van der Waals surface area contributed by atoms with Gasteiger partial charge in [-0.3, -0.25) is 4.90 Å². The molecule has 124 valence electrons. The van der Waals surface area contributed by atoms with Gasteiger partial charge in [0.2, 0.25) is 0 Å². The molecule has 2 heterocycles. The highest BCUT2D eigenvalue weighted by molar-refractivity contribution is 5.69. The Morgan fingerprint density at radius 2 is 1.91 bits per heavy atom. The van der Waals surface area contributed by atoms with Crippen molar-refractivity contribution in [3.63, 3.8) is 0 Å². The van der Waals surface area contributed by atoms with Crippen LogP contribution in [0.5, 0.6) is 0 Å². The molecule has 1 aliphatic carbocycles. The molecule has 1 amide bonds. The van der Waals surface area contributed by atoms with Gasteiger partial charge in [0.05, 0.1) is 12.1 Å². The van der Waals surface area contributed by atoms with E-state index in [1.807, 2.05) is 44.2 Å². The van der Waals surface area contributed by atoms with Gasteiger partial charge in [-0.05, 0) is 19.4 Å². The van der Waals surface area contributed by atoms with Crippen LogP contribution in [0.1, 0.15) is 19.4 Å². The third-order valence-electron chi connectivity index (χ3n) is 4.90. The Morgan fingerprint density at radius 3 is 2.65 bits per heavy atom. The third-order valence-corrected chi connectivity index (χ3v) is 4.90. The van der Waals surface area contributed by atoms with E-state index < -0.39 is 18.0 Å². The fourth-order valence-corrected chi connectivity index (χ4v) is 3.96. The monoisotopic (exact) mass is 319 g/mol. The quantitative estimate of drug-likeness (QED) is 0.895. The number of carbonyl (C=O) groups excluding carboxylic acids is 1. The molecule has 1 saturated carbocycles. The molecule has 6 heteroatoms. The SMILES string of the molecule is CC1(C)O[C@@H]2[C@@H](O)[C@@H]3COC(=O)N(Cc4ccccc4)[C@@H]3[C@@H]2O1. The molecule has 0 aromatic heterocycles. The minimum absolute atomic E-state index is 0.192. The number of ether oxygens (including phenoxy) is 3. The molecule has 1 N–H and O–H groups in total. The van der Waals surface area contributed by atoms with Crippen LogP contribution in [-0.4, -0.2) is 52.8 Å². The summed E-state index contributed by atoms with van der Waals surface area (Å²) in [5, 5.41) is 10.6. The maximum atomic E-state index is 12.3. The summed E-state index contributed by atoms with van der Waals surface area (Å²) in [6, 6.07) is 9.51. The lowest BCUT2D eigenvalue weighted by Crippen LogP contribution is -2.54. The number of benzene rings is 1. The highest BCUT2D eigenvalue weighted by Gasteiger charge is 2.62.